The van der Waals surface area contributed by atoms with Crippen LogP contribution in [0, 0.1) is 0 Å². The van der Waals surface area contributed by atoms with Gasteiger partial charge in [0.05, 0.1) is 18.1 Å². The number of hydrogen-bond acceptors (Lipinski definition) is 6. The number of nitrogen functional groups attached to an aromatic ring is 1. The summed E-state index contributed by atoms with van der Waals surface area (Å²) in [5.41, 5.74) is 8.74. The molecule has 0 radical (unpaired) electrons. The minimum absolute atomic E-state index is 0.261. The molecule has 3 rings (SSSR count). The highest BCUT2D eigenvalue weighted by atomic mass is 16.2. The lowest BCUT2D eigenvalue weighted by molar-refractivity contribution is -0.131. The van der Waals surface area contributed by atoms with Crippen molar-refractivity contribution in [3.05, 3.63) is 23.8 Å². The molecule has 1 aromatic carbocycles. The molecule has 0 bridgehead atoms. The number of nitrogens with two attached hydrogens (primary N) is 1. The summed E-state index contributed by atoms with van der Waals surface area (Å²) in [4.78, 5) is 28.5. The molecular weight excluding hydrogens is 268 g/mol. The zero-order valence-corrected chi connectivity index (χ0v) is 11.7. The summed E-state index contributed by atoms with van der Waals surface area (Å²) in [6.45, 7) is 1.39. The lowest BCUT2D eigenvalue weighted by atomic mass is 9.96. The smallest absolute Gasteiger partial charge is 0.212 e. The lowest BCUT2D eigenvalue weighted by Gasteiger charge is -2.37. The molecule has 2 aliphatic rings. The number of piperidine rings is 1. The van der Waals surface area contributed by atoms with Gasteiger partial charge in [0.2, 0.25) is 5.78 Å². The zero-order chi connectivity index (χ0) is 14.8. The number of nitrogens with one attached hydrogen (secondary N) is 1. The second-order valence-corrected chi connectivity index (χ2v) is 5.47. The Morgan fingerprint density at radius 3 is 3.00 bits per heavy atom. The first kappa shape index (κ1) is 13.8. The van der Waals surface area contributed by atoms with Crippen molar-refractivity contribution in [3.63, 3.8) is 0 Å². The highest BCUT2D eigenvalue weighted by Crippen LogP contribution is 2.30. The summed E-state index contributed by atoms with van der Waals surface area (Å²) in [5, 5.41) is 3.14. The second-order valence-electron chi connectivity index (χ2n) is 5.47. The fraction of sp³-hybridized carbons (Fsp3) is 0.400. The molecular formula is C15H18N4O2. The molecule has 0 saturated carbocycles. The first-order valence-electron chi connectivity index (χ1n) is 7.08. The van der Waals surface area contributed by atoms with E-state index in [4.69, 9.17) is 5.73 Å². The van der Waals surface area contributed by atoms with Crippen LogP contribution in [0.25, 0.3) is 0 Å². The SMILES string of the molecule is Nc1cccc2c1CN(C1CCC(C(=O)C=O)NC1)C=N2. The molecule has 2 atom stereocenters. The number of aldehydes is 1. The normalized spacial score (nSPS) is 24.5. The first-order valence-corrected chi connectivity index (χ1v) is 7.08. The summed E-state index contributed by atoms with van der Waals surface area (Å²) < 4.78 is 0. The monoisotopic (exact) mass is 286 g/mol. The molecule has 0 amide bonds. The van der Waals surface area contributed by atoms with Crippen LogP contribution >= 0.6 is 0 Å². The van der Waals surface area contributed by atoms with Crippen LogP contribution in [0.1, 0.15) is 18.4 Å². The number of fused-ring (bicyclic) bond motifs is 1. The van der Waals surface area contributed by atoms with Crippen LogP contribution in [-0.4, -0.2) is 41.9 Å². The molecule has 0 aromatic heterocycles. The minimum atomic E-state index is -0.365. The predicted octanol–water partition coefficient (Wildman–Crippen LogP) is 0.633. The van der Waals surface area contributed by atoms with Crippen molar-refractivity contribution in [2.75, 3.05) is 12.3 Å². The molecule has 2 heterocycles. The number of anilines is 1. The van der Waals surface area contributed by atoms with E-state index in [1.54, 1.807) is 0 Å². The van der Waals surface area contributed by atoms with Gasteiger partial charge in [-0.15, -0.1) is 0 Å². The van der Waals surface area contributed by atoms with Gasteiger partial charge >= 0.3 is 0 Å². The van der Waals surface area contributed by atoms with Crippen LogP contribution in [0.5, 0.6) is 0 Å². The Labute approximate surface area is 123 Å². The van der Waals surface area contributed by atoms with Crippen molar-refractivity contribution in [1.29, 1.82) is 0 Å². The largest absolute Gasteiger partial charge is 0.398 e. The van der Waals surface area contributed by atoms with Crippen molar-refractivity contribution in [2.45, 2.75) is 31.5 Å². The Balaban J connectivity index is 1.67. The Morgan fingerprint density at radius 1 is 1.43 bits per heavy atom. The third-order valence-corrected chi connectivity index (χ3v) is 4.19. The molecule has 2 aliphatic heterocycles. The van der Waals surface area contributed by atoms with Crippen LogP contribution < -0.4 is 11.1 Å². The summed E-state index contributed by atoms with van der Waals surface area (Å²) in [5.74, 6) is -0.365. The van der Waals surface area contributed by atoms with Crippen LogP contribution in [0.2, 0.25) is 0 Å². The van der Waals surface area contributed by atoms with Gasteiger partial charge < -0.3 is 16.0 Å². The minimum Gasteiger partial charge on any atom is -0.398 e. The van der Waals surface area contributed by atoms with Crippen LogP contribution in [0.4, 0.5) is 11.4 Å². The van der Waals surface area contributed by atoms with Gasteiger partial charge in [-0.3, -0.25) is 9.59 Å². The highest BCUT2D eigenvalue weighted by Gasteiger charge is 2.29. The average molecular weight is 286 g/mol. The van der Waals surface area contributed by atoms with E-state index in [-0.39, 0.29) is 17.9 Å². The van der Waals surface area contributed by atoms with Gasteiger partial charge in [-0.25, -0.2) is 4.99 Å². The van der Waals surface area contributed by atoms with Crippen LogP contribution in [-0.2, 0) is 16.1 Å². The van der Waals surface area contributed by atoms with E-state index in [0.717, 1.165) is 29.9 Å². The van der Waals surface area contributed by atoms with Crippen LogP contribution in [0.15, 0.2) is 23.2 Å². The standard InChI is InChI=1S/C15H18N4O2/c16-12-2-1-3-13-11(12)7-19(9-18-13)10-4-5-14(17-6-10)15(21)8-20/h1-3,8-10,14,17H,4-7,16H2. The predicted molar refractivity (Wildman–Crippen MR) is 80.4 cm³/mol. The number of carbonyl (C=O) groups is 2. The fourth-order valence-electron chi connectivity index (χ4n) is 2.92. The Morgan fingerprint density at radius 2 is 2.29 bits per heavy atom. The van der Waals surface area contributed by atoms with E-state index < -0.39 is 0 Å². The number of carbonyl (C=O) groups excluding carboxylic acids is 2. The van der Waals surface area contributed by atoms with Crippen molar-refractivity contribution < 1.29 is 9.59 Å². The number of hydrogen-bond donors (Lipinski definition) is 2. The molecule has 3 N–H and O–H groups in total. The van der Waals surface area contributed by atoms with Gasteiger partial charge in [-0.1, -0.05) is 6.07 Å². The van der Waals surface area contributed by atoms with Crippen molar-refractivity contribution in [1.82, 2.24) is 10.2 Å². The number of benzene rings is 1. The summed E-state index contributed by atoms with van der Waals surface area (Å²) in [7, 11) is 0. The first-order chi connectivity index (χ1) is 10.2. The average Bonchev–Trinajstić information content (AvgIpc) is 2.54. The van der Waals surface area contributed by atoms with Gasteiger partial charge in [-0.05, 0) is 25.0 Å². The van der Waals surface area contributed by atoms with Gasteiger partial charge in [0, 0.05) is 30.4 Å². The molecule has 6 heteroatoms. The summed E-state index contributed by atoms with van der Waals surface area (Å²) in [6.07, 6.45) is 3.77. The Bertz CT molecular complexity index is 591. The molecule has 0 aliphatic carbocycles. The molecule has 1 saturated heterocycles. The maximum Gasteiger partial charge on any atom is 0.212 e. The number of rotatable bonds is 3. The number of aliphatic imine (C=N–C) groups is 1. The van der Waals surface area contributed by atoms with Crippen molar-refractivity contribution >= 4 is 29.8 Å². The number of ketones is 1. The number of nitrogens with zero attached hydrogens (tertiary/aromatic N) is 2. The maximum absolute atomic E-state index is 11.4. The lowest BCUT2D eigenvalue weighted by Crippen LogP contribution is -2.52. The molecule has 6 nitrogen and oxygen atoms in total. The second kappa shape index (κ2) is 5.65. The molecule has 2 unspecified atom stereocenters. The third-order valence-electron chi connectivity index (χ3n) is 4.19. The molecule has 21 heavy (non-hydrogen) atoms. The third kappa shape index (κ3) is 2.67. The topological polar surface area (TPSA) is 87.8 Å². The van der Waals surface area contributed by atoms with E-state index in [1.165, 1.54) is 0 Å². The quantitative estimate of drug-likeness (QED) is 0.483. The molecule has 1 fully saturated rings. The van der Waals surface area contributed by atoms with E-state index in [2.05, 4.69) is 15.2 Å². The van der Waals surface area contributed by atoms with Crippen molar-refractivity contribution in [3.8, 4) is 0 Å². The van der Waals surface area contributed by atoms with E-state index in [0.29, 0.717) is 19.3 Å². The van der Waals surface area contributed by atoms with E-state index in [9.17, 15) is 9.59 Å². The van der Waals surface area contributed by atoms with E-state index >= 15 is 0 Å². The van der Waals surface area contributed by atoms with Gasteiger partial charge in [0.1, 0.15) is 0 Å². The van der Waals surface area contributed by atoms with Gasteiger partial charge in [0.25, 0.3) is 0 Å². The molecule has 1 aromatic rings. The van der Waals surface area contributed by atoms with Crippen LogP contribution in [0.3, 0.4) is 0 Å². The van der Waals surface area contributed by atoms with Gasteiger partial charge in [0.15, 0.2) is 6.29 Å². The highest BCUT2D eigenvalue weighted by molar-refractivity contribution is 6.27. The van der Waals surface area contributed by atoms with Gasteiger partial charge in [-0.2, -0.15) is 0 Å². The summed E-state index contributed by atoms with van der Waals surface area (Å²) in [6, 6.07) is 5.67. The Hall–Kier alpha value is -2.21. The molecule has 0 spiro atoms. The van der Waals surface area contributed by atoms with E-state index in [1.807, 2.05) is 24.5 Å². The fourth-order valence-corrected chi connectivity index (χ4v) is 2.92. The maximum atomic E-state index is 11.4. The molecule has 110 valence electrons. The zero-order valence-electron chi connectivity index (χ0n) is 11.7. The Kier molecular flexibility index (Phi) is 3.70. The number of Topliss-reactive ketones (excluding diaryl/α,β-unsaturated/α-hetero) is 1. The van der Waals surface area contributed by atoms with Crippen molar-refractivity contribution in [2.24, 2.45) is 4.99 Å². The summed E-state index contributed by atoms with van der Waals surface area (Å²) >= 11 is 0.